The van der Waals surface area contributed by atoms with E-state index >= 15 is 0 Å². The molecular weight excluding hydrogens is 200 g/mol. The van der Waals surface area contributed by atoms with Crippen LogP contribution in [0.2, 0.25) is 0 Å². The molecule has 15 heavy (non-hydrogen) atoms. The lowest BCUT2D eigenvalue weighted by Gasteiger charge is -1.93. The number of aromatic carboxylic acids is 1. The second-order valence-electron chi connectivity index (χ2n) is 2.58. The van der Waals surface area contributed by atoms with E-state index in [9.17, 15) is 9.59 Å². The molecule has 0 aliphatic carbocycles. The summed E-state index contributed by atoms with van der Waals surface area (Å²) in [5.41, 5.74) is 0.431. The van der Waals surface area contributed by atoms with Gasteiger partial charge in [0.2, 0.25) is 5.82 Å². The first-order chi connectivity index (χ1) is 7.13. The normalized spacial score (nSPS) is 10.5. The van der Waals surface area contributed by atoms with Gasteiger partial charge in [0, 0.05) is 6.08 Å². The van der Waals surface area contributed by atoms with E-state index in [1.54, 1.807) is 6.92 Å². The van der Waals surface area contributed by atoms with Crippen molar-refractivity contribution in [3.8, 4) is 0 Å². The molecule has 0 amide bonds. The SMILES string of the molecule is CCOC(=O)C=Cc1cnc(C(=O)O)[nH]1. The van der Waals surface area contributed by atoms with Crippen LogP contribution in [0.15, 0.2) is 12.3 Å². The molecule has 0 fully saturated rings. The van der Waals surface area contributed by atoms with Crippen molar-refractivity contribution in [2.45, 2.75) is 6.92 Å². The molecule has 2 N–H and O–H groups in total. The summed E-state index contributed by atoms with van der Waals surface area (Å²) >= 11 is 0. The highest BCUT2D eigenvalue weighted by Gasteiger charge is 2.05. The number of nitrogens with zero attached hydrogens (tertiary/aromatic N) is 1. The Kier molecular flexibility index (Phi) is 3.61. The second kappa shape index (κ2) is 4.94. The Hall–Kier alpha value is -2.11. The molecule has 0 aliphatic rings. The largest absolute Gasteiger partial charge is 0.475 e. The molecule has 1 aromatic heterocycles. The number of rotatable bonds is 4. The molecule has 0 atom stereocenters. The number of hydrogen-bond donors (Lipinski definition) is 2. The number of H-pyrrole nitrogens is 1. The Morgan fingerprint density at radius 3 is 2.93 bits per heavy atom. The summed E-state index contributed by atoms with van der Waals surface area (Å²) in [5, 5.41) is 8.55. The van der Waals surface area contributed by atoms with Crippen LogP contribution in [0.4, 0.5) is 0 Å². The van der Waals surface area contributed by atoms with Crippen molar-refractivity contribution in [3.63, 3.8) is 0 Å². The first-order valence-electron chi connectivity index (χ1n) is 4.26. The minimum atomic E-state index is -1.15. The third-order valence-electron chi connectivity index (χ3n) is 1.48. The summed E-state index contributed by atoms with van der Waals surface area (Å²) in [6.45, 7) is 2.00. The number of hydrogen-bond acceptors (Lipinski definition) is 4. The average molecular weight is 210 g/mol. The van der Waals surface area contributed by atoms with Crippen molar-refractivity contribution in [1.29, 1.82) is 0 Å². The summed E-state index contributed by atoms with van der Waals surface area (Å²) in [7, 11) is 0. The summed E-state index contributed by atoms with van der Waals surface area (Å²) in [4.78, 5) is 27.4. The summed E-state index contributed by atoms with van der Waals surface area (Å²) < 4.78 is 4.64. The van der Waals surface area contributed by atoms with E-state index in [2.05, 4.69) is 14.7 Å². The molecule has 0 saturated carbocycles. The number of imidazole rings is 1. The fourth-order valence-corrected chi connectivity index (χ4v) is 0.877. The molecule has 0 aliphatic heterocycles. The van der Waals surface area contributed by atoms with Crippen LogP contribution < -0.4 is 0 Å². The van der Waals surface area contributed by atoms with E-state index in [0.717, 1.165) is 0 Å². The molecule has 0 saturated heterocycles. The molecule has 0 spiro atoms. The maximum atomic E-state index is 10.9. The second-order valence-corrected chi connectivity index (χ2v) is 2.58. The molecule has 0 aromatic carbocycles. The molecule has 0 radical (unpaired) electrons. The fraction of sp³-hybridized carbons (Fsp3) is 0.222. The lowest BCUT2D eigenvalue weighted by molar-refractivity contribution is -0.137. The summed E-state index contributed by atoms with van der Waals surface area (Å²) in [5.74, 6) is -1.80. The first kappa shape index (κ1) is 11.0. The number of carboxylic acid groups (broad SMARTS) is 1. The van der Waals surface area contributed by atoms with Gasteiger partial charge < -0.3 is 14.8 Å². The van der Waals surface area contributed by atoms with Crippen LogP contribution >= 0.6 is 0 Å². The van der Waals surface area contributed by atoms with Gasteiger partial charge in [-0.2, -0.15) is 0 Å². The molecule has 6 nitrogen and oxygen atoms in total. The summed E-state index contributed by atoms with van der Waals surface area (Å²) in [6.07, 6.45) is 3.92. The molecule has 1 aromatic rings. The predicted molar refractivity (Wildman–Crippen MR) is 51.2 cm³/mol. The van der Waals surface area contributed by atoms with Crippen LogP contribution in [0, 0.1) is 0 Å². The Morgan fingerprint density at radius 1 is 1.67 bits per heavy atom. The smallest absolute Gasteiger partial charge is 0.371 e. The third-order valence-corrected chi connectivity index (χ3v) is 1.48. The monoisotopic (exact) mass is 210 g/mol. The minimum Gasteiger partial charge on any atom is -0.475 e. The van der Waals surface area contributed by atoms with Gasteiger partial charge in [-0.15, -0.1) is 0 Å². The Balaban J connectivity index is 2.64. The quantitative estimate of drug-likeness (QED) is 0.563. The zero-order chi connectivity index (χ0) is 11.3. The lowest BCUT2D eigenvalue weighted by Crippen LogP contribution is -1.99. The van der Waals surface area contributed by atoms with Crippen LogP contribution in [0.3, 0.4) is 0 Å². The molecule has 1 rings (SSSR count). The van der Waals surface area contributed by atoms with Gasteiger partial charge in [-0.25, -0.2) is 14.6 Å². The van der Waals surface area contributed by atoms with Crippen LogP contribution in [0.25, 0.3) is 6.08 Å². The number of ether oxygens (including phenoxy) is 1. The Labute approximate surface area is 85.6 Å². The van der Waals surface area contributed by atoms with Gasteiger partial charge in [-0.05, 0) is 13.0 Å². The maximum absolute atomic E-state index is 10.9. The molecule has 0 bridgehead atoms. The van der Waals surface area contributed by atoms with E-state index < -0.39 is 11.9 Å². The van der Waals surface area contributed by atoms with Gasteiger partial charge in [-0.1, -0.05) is 0 Å². The Bertz CT molecular complexity index is 395. The van der Waals surface area contributed by atoms with Crippen LogP contribution in [-0.2, 0) is 9.53 Å². The van der Waals surface area contributed by atoms with Gasteiger partial charge >= 0.3 is 11.9 Å². The fourth-order valence-electron chi connectivity index (χ4n) is 0.877. The number of aromatic amines is 1. The number of aromatic nitrogens is 2. The Morgan fingerprint density at radius 2 is 2.40 bits per heavy atom. The first-order valence-corrected chi connectivity index (χ1v) is 4.26. The standard InChI is InChI=1S/C9H10N2O4/c1-2-15-7(12)4-3-6-5-10-8(11-6)9(13)14/h3-5H,2H2,1H3,(H,10,11)(H,13,14). The van der Waals surface area contributed by atoms with E-state index in [0.29, 0.717) is 12.3 Å². The van der Waals surface area contributed by atoms with E-state index in [1.807, 2.05) is 0 Å². The van der Waals surface area contributed by atoms with Crippen molar-refractivity contribution in [2.24, 2.45) is 0 Å². The van der Waals surface area contributed by atoms with E-state index in [1.165, 1.54) is 18.3 Å². The highest BCUT2D eigenvalue weighted by Crippen LogP contribution is 1.99. The minimum absolute atomic E-state index is 0.168. The highest BCUT2D eigenvalue weighted by molar-refractivity contribution is 5.87. The van der Waals surface area contributed by atoms with Crippen LogP contribution in [0.5, 0.6) is 0 Å². The van der Waals surface area contributed by atoms with Gasteiger partial charge in [-0.3, -0.25) is 0 Å². The van der Waals surface area contributed by atoms with E-state index in [-0.39, 0.29) is 5.82 Å². The topological polar surface area (TPSA) is 92.3 Å². The molecule has 6 heteroatoms. The van der Waals surface area contributed by atoms with Gasteiger partial charge in [0.1, 0.15) is 0 Å². The van der Waals surface area contributed by atoms with Gasteiger partial charge in [0.25, 0.3) is 0 Å². The van der Waals surface area contributed by atoms with Crippen molar-refractivity contribution in [3.05, 3.63) is 23.8 Å². The van der Waals surface area contributed by atoms with Gasteiger partial charge in [0.05, 0.1) is 18.5 Å². The number of carbonyl (C=O) groups excluding carboxylic acids is 1. The van der Waals surface area contributed by atoms with Crippen molar-refractivity contribution < 1.29 is 19.4 Å². The molecule has 80 valence electrons. The number of carbonyl (C=O) groups is 2. The van der Waals surface area contributed by atoms with Gasteiger partial charge in [0.15, 0.2) is 0 Å². The molecular formula is C9H10N2O4. The van der Waals surface area contributed by atoms with Crippen molar-refractivity contribution in [2.75, 3.05) is 6.61 Å². The van der Waals surface area contributed by atoms with Crippen molar-refractivity contribution in [1.82, 2.24) is 9.97 Å². The predicted octanol–water partition coefficient (Wildman–Crippen LogP) is 0.684. The zero-order valence-electron chi connectivity index (χ0n) is 8.06. The summed E-state index contributed by atoms with van der Waals surface area (Å²) in [6, 6.07) is 0. The molecule has 1 heterocycles. The number of carboxylic acids is 1. The highest BCUT2D eigenvalue weighted by atomic mass is 16.5. The third kappa shape index (κ3) is 3.26. The number of nitrogens with one attached hydrogen (secondary N) is 1. The number of esters is 1. The van der Waals surface area contributed by atoms with Crippen LogP contribution in [-0.4, -0.2) is 33.6 Å². The lowest BCUT2D eigenvalue weighted by atomic mass is 10.4. The van der Waals surface area contributed by atoms with Crippen molar-refractivity contribution >= 4 is 18.0 Å². The maximum Gasteiger partial charge on any atom is 0.371 e. The average Bonchev–Trinajstić information content (AvgIpc) is 2.63. The zero-order valence-corrected chi connectivity index (χ0v) is 8.06. The van der Waals surface area contributed by atoms with E-state index in [4.69, 9.17) is 5.11 Å². The van der Waals surface area contributed by atoms with Crippen LogP contribution in [0.1, 0.15) is 23.2 Å². The molecule has 0 unspecified atom stereocenters.